The second-order valence-corrected chi connectivity index (χ2v) is 8.19. The predicted molar refractivity (Wildman–Crippen MR) is 124 cm³/mol. The first kappa shape index (κ1) is 21.8. The van der Waals surface area contributed by atoms with Gasteiger partial charge in [-0.3, -0.25) is 10.1 Å². The number of nitro groups is 1. The summed E-state index contributed by atoms with van der Waals surface area (Å²) in [6.07, 6.45) is -1.53. The summed E-state index contributed by atoms with van der Waals surface area (Å²) in [5.74, 6) is -0.0319. The highest BCUT2D eigenvalue weighted by Gasteiger charge is 2.20. The number of benzene rings is 3. The molecule has 1 heterocycles. The molecule has 0 bridgehead atoms. The molecule has 0 aliphatic heterocycles. The second-order valence-electron chi connectivity index (χ2n) is 6.52. The third-order valence-electron chi connectivity index (χ3n) is 4.54. The van der Waals surface area contributed by atoms with Crippen LogP contribution in [0.2, 0.25) is 10.0 Å². The third-order valence-corrected chi connectivity index (χ3v) is 6.17. The lowest BCUT2D eigenvalue weighted by Crippen LogP contribution is -2.05. The second kappa shape index (κ2) is 8.96. The Kier molecular flexibility index (Phi) is 6.09. The molecule has 0 radical (unpaired) electrons. The Morgan fingerprint density at radius 2 is 1.75 bits per heavy atom. The topological polar surface area (TPSA) is 103 Å². The minimum Gasteiger partial charge on any atom is -0.449 e. The molecule has 10 heteroatoms. The van der Waals surface area contributed by atoms with Crippen molar-refractivity contribution in [1.82, 2.24) is 4.98 Å². The van der Waals surface area contributed by atoms with Crippen LogP contribution in [0.3, 0.4) is 0 Å². The fourth-order valence-corrected chi connectivity index (χ4v) is 4.24. The normalized spacial score (nSPS) is 10.7. The van der Waals surface area contributed by atoms with Gasteiger partial charge in [-0.25, -0.2) is 9.78 Å². The number of ether oxygens (including phenoxy) is 1. The van der Waals surface area contributed by atoms with Gasteiger partial charge in [-0.05, 0) is 30.3 Å². The van der Waals surface area contributed by atoms with Gasteiger partial charge in [0, 0.05) is 28.1 Å². The van der Waals surface area contributed by atoms with Gasteiger partial charge >= 0.3 is 6.16 Å². The SMILES string of the molecule is O=C(O)Oc1cc(-c2nc(-c3ccc(Cl)c(Cl)c3)cs2)ccc1-c1ccccc1[N+](=O)[O-]. The zero-order valence-electron chi connectivity index (χ0n) is 16.0. The van der Waals surface area contributed by atoms with Crippen LogP contribution in [-0.4, -0.2) is 21.2 Å². The Morgan fingerprint density at radius 3 is 2.47 bits per heavy atom. The highest BCUT2D eigenvalue weighted by Crippen LogP contribution is 2.40. The van der Waals surface area contributed by atoms with Crippen LogP contribution in [0, 0.1) is 10.1 Å². The van der Waals surface area contributed by atoms with Crippen molar-refractivity contribution in [2.24, 2.45) is 0 Å². The summed E-state index contributed by atoms with van der Waals surface area (Å²) in [4.78, 5) is 26.8. The molecule has 0 unspecified atom stereocenters. The molecule has 1 N–H and O–H groups in total. The Hall–Kier alpha value is -3.46. The summed E-state index contributed by atoms with van der Waals surface area (Å²) in [6, 6.07) is 16.0. The average Bonchev–Trinajstić information content (AvgIpc) is 3.25. The third kappa shape index (κ3) is 4.43. The zero-order valence-corrected chi connectivity index (χ0v) is 18.3. The number of nitro benzene ring substituents is 1. The number of halogens is 2. The van der Waals surface area contributed by atoms with E-state index in [0.717, 1.165) is 5.56 Å². The molecule has 4 rings (SSSR count). The van der Waals surface area contributed by atoms with E-state index in [0.29, 0.717) is 26.3 Å². The van der Waals surface area contributed by atoms with Crippen LogP contribution in [-0.2, 0) is 0 Å². The molecule has 0 atom stereocenters. The molecule has 0 amide bonds. The highest BCUT2D eigenvalue weighted by molar-refractivity contribution is 7.13. The quantitative estimate of drug-likeness (QED) is 0.136. The Morgan fingerprint density at radius 1 is 1.00 bits per heavy atom. The minimum absolute atomic E-state index is 0.0319. The predicted octanol–water partition coefficient (Wildman–Crippen LogP) is 7.42. The van der Waals surface area contributed by atoms with Crippen molar-refractivity contribution in [2.75, 3.05) is 0 Å². The summed E-state index contributed by atoms with van der Waals surface area (Å²) >= 11 is 13.4. The standard InChI is InChI=1S/C22H12Cl2N2O5S/c23-16-8-6-12(9-17(16)24)18-11-32-21(25-18)13-5-7-15(20(10-13)31-22(27)28)14-3-1-2-4-19(14)26(29)30/h1-11H,(H,27,28). The molecule has 0 saturated heterocycles. The molecule has 32 heavy (non-hydrogen) atoms. The summed E-state index contributed by atoms with van der Waals surface area (Å²) < 4.78 is 4.96. The van der Waals surface area contributed by atoms with Crippen molar-refractivity contribution in [3.8, 4) is 38.7 Å². The summed E-state index contributed by atoms with van der Waals surface area (Å²) in [7, 11) is 0. The number of rotatable bonds is 5. The van der Waals surface area contributed by atoms with Gasteiger partial charge in [0.2, 0.25) is 0 Å². The van der Waals surface area contributed by atoms with E-state index in [9.17, 15) is 20.0 Å². The maximum absolute atomic E-state index is 11.4. The Labute approximate surface area is 195 Å². The molecule has 0 spiro atoms. The Bertz CT molecular complexity index is 1360. The van der Waals surface area contributed by atoms with E-state index in [1.165, 1.54) is 35.6 Å². The first-order chi connectivity index (χ1) is 15.3. The van der Waals surface area contributed by atoms with Crippen LogP contribution in [0.4, 0.5) is 10.5 Å². The summed E-state index contributed by atoms with van der Waals surface area (Å²) in [6.45, 7) is 0. The van der Waals surface area contributed by atoms with Gasteiger partial charge in [-0.1, -0.05) is 47.5 Å². The monoisotopic (exact) mass is 486 g/mol. The molecule has 0 aliphatic carbocycles. The molecular formula is C22H12Cl2N2O5S. The molecule has 160 valence electrons. The number of carbonyl (C=O) groups is 1. The fourth-order valence-electron chi connectivity index (χ4n) is 3.11. The van der Waals surface area contributed by atoms with Gasteiger partial charge in [0.15, 0.2) is 0 Å². The molecule has 4 aromatic rings. The minimum atomic E-state index is -1.53. The number of carboxylic acid groups (broad SMARTS) is 1. The van der Waals surface area contributed by atoms with Gasteiger partial charge in [-0.15, -0.1) is 11.3 Å². The lowest BCUT2D eigenvalue weighted by atomic mass is 10.0. The van der Waals surface area contributed by atoms with E-state index in [2.05, 4.69) is 4.98 Å². The van der Waals surface area contributed by atoms with Gasteiger partial charge in [0.25, 0.3) is 5.69 Å². The van der Waals surface area contributed by atoms with Crippen molar-refractivity contribution in [2.45, 2.75) is 0 Å². The van der Waals surface area contributed by atoms with Crippen molar-refractivity contribution < 1.29 is 19.6 Å². The van der Waals surface area contributed by atoms with Crippen LogP contribution in [0.25, 0.3) is 33.0 Å². The van der Waals surface area contributed by atoms with Crippen molar-refractivity contribution >= 4 is 46.4 Å². The fraction of sp³-hybridized carbons (Fsp3) is 0. The van der Waals surface area contributed by atoms with Crippen LogP contribution in [0.5, 0.6) is 5.75 Å². The maximum atomic E-state index is 11.4. The van der Waals surface area contributed by atoms with Crippen molar-refractivity contribution in [3.05, 3.63) is 86.2 Å². The van der Waals surface area contributed by atoms with Crippen LogP contribution in [0.1, 0.15) is 0 Å². The van der Waals surface area contributed by atoms with Crippen LogP contribution in [0.15, 0.2) is 66.0 Å². The molecule has 0 saturated carbocycles. The maximum Gasteiger partial charge on any atom is 0.511 e. The molecule has 7 nitrogen and oxygen atoms in total. The molecule has 1 aromatic heterocycles. The average molecular weight is 487 g/mol. The first-order valence-corrected chi connectivity index (χ1v) is 10.7. The lowest BCUT2D eigenvalue weighted by Gasteiger charge is -2.10. The molecule has 0 aliphatic rings. The van der Waals surface area contributed by atoms with E-state index in [4.69, 9.17) is 27.9 Å². The largest absolute Gasteiger partial charge is 0.511 e. The molecular weight excluding hydrogens is 475 g/mol. The Balaban J connectivity index is 1.77. The number of aromatic nitrogens is 1. The smallest absolute Gasteiger partial charge is 0.449 e. The number of hydrogen-bond donors (Lipinski definition) is 1. The van der Waals surface area contributed by atoms with E-state index in [1.807, 2.05) is 5.38 Å². The zero-order chi connectivity index (χ0) is 22.8. The van der Waals surface area contributed by atoms with Crippen LogP contribution >= 0.6 is 34.5 Å². The number of nitrogens with zero attached hydrogens (tertiary/aromatic N) is 2. The highest BCUT2D eigenvalue weighted by atomic mass is 35.5. The lowest BCUT2D eigenvalue weighted by molar-refractivity contribution is -0.384. The number of para-hydroxylation sites is 1. The molecule has 3 aromatic carbocycles. The van der Waals surface area contributed by atoms with Crippen molar-refractivity contribution in [1.29, 1.82) is 0 Å². The summed E-state index contributed by atoms with van der Waals surface area (Å²) in [5.41, 5.74) is 2.42. The number of thiazole rings is 1. The van der Waals surface area contributed by atoms with Crippen molar-refractivity contribution in [3.63, 3.8) is 0 Å². The van der Waals surface area contributed by atoms with Gasteiger partial charge in [0.05, 0.1) is 26.2 Å². The van der Waals surface area contributed by atoms with Gasteiger partial charge in [-0.2, -0.15) is 0 Å². The van der Waals surface area contributed by atoms with E-state index in [1.54, 1.807) is 36.4 Å². The van der Waals surface area contributed by atoms with E-state index < -0.39 is 11.1 Å². The van der Waals surface area contributed by atoms with Gasteiger partial charge < -0.3 is 9.84 Å². The number of hydrogen-bond acceptors (Lipinski definition) is 6. The molecule has 0 fully saturated rings. The van der Waals surface area contributed by atoms with Gasteiger partial charge in [0.1, 0.15) is 10.8 Å². The summed E-state index contributed by atoms with van der Waals surface area (Å²) in [5, 5.41) is 23.9. The van der Waals surface area contributed by atoms with E-state index in [-0.39, 0.29) is 22.6 Å². The first-order valence-electron chi connectivity index (χ1n) is 9.03. The van der Waals surface area contributed by atoms with E-state index >= 15 is 0 Å². The van der Waals surface area contributed by atoms with Crippen LogP contribution < -0.4 is 4.74 Å².